The number of alkyl halides is 1. The first-order valence-electron chi connectivity index (χ1n) is 7.38. The molecule has 1 saturated heterocycles. The van der Waals surface area contributed by atoms with E-state index in [9.17, 15) is 18.8 Å². The Hall–Kier alpha value is -2.74. The van der Waals surface area contributed by atoms with Gasteiger partial charge in [0.15, 0.2) is 0 Å². The molecule has 1 aliphatic heterocycles. The van der Waals surface area contributed by atoms with Gasteiger partial charge in [0.1, 0.15) is 25.1 Å². The third-order valence-corrected chi connectivity index (χ3v) is 3.71. The first kappa shape index (κ1) is 16.1. The van der Waals surface area contributed by atoms with E-state index >= 15 is 0 Å². The molecule has 2 aromatic rings. The highest BCUT2D eigenvalue weighted by molar-refractivity contribution is 5.89. The minimum absolute atomic E-state index is 0.0699. The number of rotatable bonds is 4. The van der Waals surface area contributed by atoms with Crippen LogP contribution in [0.15, 0.2) is 52.2 Å². The second-order valence-electron chi connectivity index (χ2n) is 5.36. The van der Waals surface area contributed by atoms with Crippen molar-refractivity contribution in [2.75, 3.05) is 6.61 Å². The number of aromatic amines is 1. The molecule has 0 amide bonds. The van der Waals surface area contributed by atoms with Crippen LogP contribution >= 0.6 is 0 Å². The van der Waals surface area contributed by atoms with Gasteiger partial charge in [0.25, 0.3) is 5.56 Å². The summed E-state index contributed by atoms with van der Waals surface area (Å²) in [5.74, 6) is -0.573. The van der Waals surface area contributed by atoms with Crippen LogP contribution in [-0.2, 0) is 9.47 Å². The molecule has 2 heterocycles. The fourth-order valence-electron chi connectivity index (χ4n) is 2.48. The lowest BCUT2D eigenvalue weighted by molar-refractivity contribution is -0.0439. The number of aromatic nitrogens is 2. The highest BCUT2D eigenvalue weighted by atomic mass is 19.1. The number of H-pyrrole nitrogens is 1. The Morgan fingerprint density at radius 3 is 2.75 bits per heavy atom. The minimum atomic E-state index is -1.39. The van der Waals surface area contributed by atoms with Gasteiger partial charge in [-0.15, -0.1) is 0 Å². The van der Waals surface area contributed by atoms with E-state index in [0.29, 0.717) is 5.56 Å². The monoisotopic (exact) mass is 334 g/mol. The van der Waals surface area contributed by atoms with Crippen molar-refractivity contribution in [3.63, 3.8) is 0 Å². The summed E-state index contributed by atoms with van der Waals surface area (Å²) in [6.07, 6.45) is -2.04. The number of halogens is 1. The highest BCUT2D eigenvalue weighted by Crippen LogP contribution is 2.30. The maximum atomic E-state index is 14.1. The van der Waals surface area contributed by atoms with E-state index in [1.807, 2.05) is 0 Å². The molecule has 1 aliphatic rings. The lowest BCUT2D eigenvalue weighted by Crippen LogP contribution is -2.32. The molecule has 0 bridgehead atoms. The maximum Gasteiger partial charge on any atom is 0.338 e. The first-order chi connectivity index (χ1) is 11.5. The lowest BCUT2D eigenvalue weighted by Gasteiger charge is -2.15. The zero-order valence-electron chi connectivity index (χ0n) is 12.6. The van der Waals surface area contributed by atoms with Gasteiger partial charge in [-0.2, -0.15) is 0 Å². The summed E-state index contributed by atoms with van der Waals surface area (Å²) in [5, 5.41) is 0. The van der Waals surface area contributed by atoms with Crippen LogP contribution in [0, 0.1) is 0 Å². The second kappa shape index (κ2) is 6.79. The molecule has 0 saturated carbocycles. The number of hydrogen-bond donors (Lipinski definition) is 1. The SMILES string of the molecule is O=C(OC[C@H]1O[C@@H](n2ccc(=O)[nH]c2=O)C[C@H]1F)c1ccccc1. The van der Waals surface area contributed by atoms with Gasteiger partial charge in [-0.3, -0.25) is 14.3 Å². The Balaban J connectivity index is 1.63. The number of carbonyl (C=O) groups is 1. The van der Waals surface area contributed by atoms with Crippen molar-refractivity contribution in [2.45, 2.75) is 24.9 Å². The molecule has 24 heavy (non-hydrogen) atoms. The van der Waals surface area contributed by atoms with Crippen LogP contribution in [0.25, 0.3) is 0 Å². The zero-order valence-corrected chi connectivity index (χ0v) is 12.6. The van der Waals surface area contributed by atoms with E-state index in [-0.39, 0.29) is 13.0 Å². The third-order valence-electron chi connectivity index (χ3n) is 3.71. The molecule has 0 unspecified atom stereocenters. The van der Waals surface area contributed by atoms with E-state index in [0.717, 1.165) is 10.6 Å². The third kappa shape index (κ3) is 3.43. The largest absolute Gasteiger partial charge is 0.459 e. The van der Waals surface area contributed by atoms with Crippen LogP contribution in [0.3, 0.4) is 0 Å². The fourth-order valence-corrected chi connectivity index (χ4v) is 2.48. The summed E-state index contributed by atoms with van der Waals surface area (Å²) < 4.78 is 25.7. The van der Waals surface area contributed by atoms with Crippen molar-refractivity contribution in [1.82, 2.24) is 9.55 Å². The average Bonchev–Trinajstić information content (AvgIpc) is 2.94. The Morgan fingerprint density at radius 2 is 2.04 bits per heavy atom. The van der Waals surface area contributed by atoms with Crippen LogP contribution in [0.1, 0.15) is 23.0 Å². The van der Waals surface area contributed by atoms with E-state index in [1.165, 1.54) is 6.20 Å². The van der Waals surface area contributed by atoms with Gasteiger partial charge in [-0.25, -0.2) is 14.0 Å². The minimum Gasteiger partial charge on any atom is -0.459 e. The number of carbonyl (C=O) groups excluding carboxylic acids is 1. The molecular weight excluding hydrogens is 319 g/mol. The van der Waals surface area contributed by atoms with Crippen molar-refractivity contribution >= 4 is 5.97 Å². The Bertz CT molecular complexity index is 832. The molecule has 1 aromatic carbocycles. The molecule has 126 valence electrons. The predicted octanol–water partition coefficient (Wildman–Crippen LogP) is 1.02. The zero-order chi connectivity index (χ0) is 17.1. The second-order valence-corrected chi connectivity index (χ2v) is 5.36. The smallest absolute Gasteiger partial charge is 0.338 e. The van der Waals surface area contributed by atoms with E-state index in [2.05, 4.69) is 4.98 Å². The fraction of sp³-hybridized carbons (Fsp3) is 0.312. The van der Waals surface area contributed by atoms with E-state index in [4.69, 9.17) is 9.47 Å². The summed E-state index contributed by atoms with van der Waals surface area (Å²) in [7, 11) is 0. The standard InChI is InChI=1S/C16H15FN2O5/c17-11-8-14(19-7-6-13(20)18-16(19)22)24-12(11)9-23-15(21)10-4-2-1-3-5-10/h1-7,11-12,14H,8-9H2,(H,18,20,22)/t11-,12-,14-/m1/s1. The first-order valence-corrected chi connectivity index (χ1v) is 7.38. The molecule has 7 nitrogen and oxygen atoms in total. The number of nitrogens with one attached hydrogen (secondary N) is 1. The maximum absolute atomic E-state index is 14.1. The van der Waals surface area contributed by atoms with E-state index < -0.39 is 35.7 Å². The van der Waals surface area contributed by atoms with E-state index in [1.54, 1.807) is 30.3 Å². The van der Waals surface area contributed by atoms with Crippen molar-refractivity contribution < 1.29 is 18.7 Å². The molecule has 1 aromatic heterocycles. The van der Waals surface area contributed by atoms with Crippen LogP contribution in [0.2, 0.25) is 0 Å². The normalized spacial score (nSPS) is 23.1. The molecule has 0 aliphatic carbocycles. The molecule has 1 N–H and O–H groups in total. The average molecular weight is 334 g/mol. The van der Waals surface area contributed by atoms with Crippen LogP contribution < -0.4 is 11.2 Å². The van der Waals surface area contributed by atoms with Gasteiger partial charge in [0.05, 0.1) is 5.56 Å². The van der Waals surface area contributed by atoms with Crippen molar-refractivity contribution in [3.05, 3.63) is 69.0 Å². The summed E-state index contributed by atoms with van der Waals surface area (Å²) in [6.45, 7) is -0.260. The quantitative estimate of drug-likeness (QED) is 0.843. The molecule has 0 spiro atoms. The van der Waals surface area contributed by atoms with Gasteiger partial charge in [-0.1, -0.05) is 18.2 Å². The molecular formula is C16H15FN2O5. The highest BCUT2D eigenvalue weighted by Gasteiger charge is 2.37. The number of benzene rings is 1. The van der Waals surface area contributed by atoms with Gasteiger partial charge in [0, 0.05) is 18.7 Å². The lowest BCUT2D eigenvalue weighted by atomic mass is 10.2. The van der Waals surface area contributed by atoms with Crippen molar-refractivity contribution in [3.8, 4) is 0 Å². The number of hydrogen-bond acceptors (Lipinski definition) is 5. The van der Waals surface area contributed by atoms with Gasteiger partial charge < -0.3 is 9.47 Å². The van der Waals surface area contributed by atoms with Crippen molar-refractivity contribution in [1.29, 1.82) is 0 Å². The number of esters is 1. The van der Waals surface area contributed by atoms with Crippen LogP contribution in [0.4, 0.5) is 4.39 Å². The predicted molar refractivity (Wildman–Crippen MR) is 81.5 cm³/mol. The molecule has 3 rings (SSSR count). The summed E-state index contributed by atoms with van der Waals surface area (Å²) >= 11 is 0. The van der Waals surface area contributed by atoms with Gasteiger partial charge in [-0.05, 0) is 12.1 Å². The molecule has 8 heteroatoms. The number of ether oxygens (including phenoxy) is 2. The summed E-state index contributed by atoms with van der Waals surface area (Å²) in [5.41, 5.74) is -0.861. The van der Waals surface area contributed by atoms with Crippen molar-refractivity contribution in [2.24, 2.45) is 0 Å². The summed E-state index contributed by atoms with van der Waals surface area (Å²) in [4.78, 5) is 36.7. The Kier molecular flexibility index (Phi) is 4.57. The molecule has 0 radical (unpaired) electrons. The summed E-state index contributed by atoms with van der Waals surface area (Å²) in [6, 6.07) is 9.49. The Morgan fingerprint density at radius 1 is 1.29 bits per heavy atom. The van der Waals surface area contributed by atoms with Crippen LogP contribution in [0.5, 0.6) is 0 Å². The van der Waals surface area contributed by atoms with Gasteiger partial charge in [0.2, 0.25) is 0 Å². The Labute approximate surface area is 135 Å². The number of nitrogens with zero attached hydrogens (tertiary/aromatic N) is 1. The molecule has 3 atom stereocenters. The molecule has 1 fully saturated rings. The van der Waals surface area contributed by atoms with Crippen LogP contribution in [-0.4, -0.2) is 34.4 Å². The van der Waals surface area contributed by atoms with Gasteiger partial charge >= 0.3 is 11.7 Å². The topological polar surface area (TPSA) is 90.4 Å².